The van der Waals surface area contributed by atoms with E-state index >= 15 is 0 Å². The molecule has 6 heteroatoms. The first kappa shape index (κ1) is 10.2. The van der Waals surface area contributed by atoms with Gasteiger partial charge >= 0.3 is 6.09 Å². The van der Waals surface area contributed by atoms with Crippen molar-refractivity contribution in [3.63, 3.8) is 0 Å². The number of amides is 1. The van der Waals surface area contributed by atoms with Gasteiger partial charge in [0.25, 0.3) is 0 Å². The summed E-state index contributed by atoms with van der Waals surface area (Å²) < 4.78 is 4.37. The Morgan fingerprint density at radius 1 is 1.86 bits per heavy atom. The molecule has 0 aliphatic rings. The molecule has 1 heterocycles. The van der Waals surface area contributed by atoms with Crippen LogP contribution in [0.4, 0.5) is 4.79 Å². The largest absolute Gasteiger partial charge is 0.453 e. The second kappa shape index (κ2) is 5.00. The topological polar surface area (TPSA) is 84.1 Å². The summed E-state index contributed by atoms with van der Waals surface area (Å²) in [6.07, 6.45) is 3.50. The molecule has 6 nitrogen and oxygen atoms in total. The van der Waals surface area contributed by atoms with E-state index in [0.717, 1.165) is 5.69 Å². The van der Waals surface area contributed by atoms with E-state index in [9.17, 15) is 9.59 Å². The molecule has 0 unspecified atom stereocenters. The molecule has 0 aliphatic heterocycles. The van der Waals surface area contributed by atoms with E-state index < -0.39 is 12.1 Å². The summed E-state index contributed by atoms with van der Waals surface area (Å²) in [7, 11) is 1.24. The third kappa shape index (κ3) is 2.89. The van der Waals surface area contributed by atoms with E-state index in [2.05, 4.69) is 20.0 Å². The number of hydrogen-bond donors (Lipinski definition) is 2. The number of carbonyl (C=O) groups is 2. The molecule has 0 aliphatic carbocycles. The van der Waals surface area contributed by atoms with Gasteiger partial charge in [-0.3, -0.25) is 0 Å². The second-order valence-corrected chi connectivity index (χ2v) is 2.66. The number of methoxy groups -OCH3 is 1. The van der Waals surface area contributed by atoms with Crippen molar-refractivity contribution < 1.29 is 14.3 Å². The summed E-state index contributed by atoms with van der Waals surface area (Å²) in [6.45, 7) is 0. The number of hydrogen-bond acceptors (Lipinski definition) is 4. The van der Waals surface area contributed by atoms with Crippen molar-refractivity contribution in [3.8, 4) is 0 Å². The normalized spacial score (nSPS) is 11.8. The molecule has 2 N–H and O–H groups in total. The van der Waals surface area contributed by atoms with Crippen molar-refractivity contribution in [3.05, 3.63) is 18.2 Å². The smallest absolute Gasteiger partial charge is 0.407 e. The van der Waals surface area contributed by atoms with Crippen molar-refractivity contribution in [2.45, 2.75) is 12.5 Å². The number of imidazole rings is 1. The second-order valence-electron chi connectivity index (χ2n) is 2.66. The molecular formula is C8H11N3O3. The van der Waals surface area contributed by atoms with Gasteiger partial charge in [-0.1, -0.05) is 0 Å². The highest BCUT2D eigenvalue weighted by atomic mass is 16.5. The minimum atomic E-state index is -0.624. The number of ether oxygens (including phenoxy) is 1. The molecule has 0 radical (unpaired) electrons. The van der Waals surface area contributed by atoms with Gasteiger partial charge in [0.05, 0.1) is 19.5 Å². The van der Waals surface area contributed by atoms with E-state index in [-0.39, 0.29) is 0 Å². The molecule has 1 rings (SSSR count). The Bertz CT molecular complexity index is 297. The first-order valence-electron chi connectivity index (χ1n) is 4.03. The molecule has 0 spiro atoms. The Balaban J connectivity index is 2.47. The molecule has 1 amide bonds. The van der Waals surface area contributed by atoms with Gasteiger partial charge in [0, 0.05) is 18.3 Å². The SMILES string of the molecule is COC(=O)N[C@@H](C=O)Cc1cnc[nH]1. The molecule has 0 aromatic carbocycles. The maximum atomic E-state index is 10.8. The van der Waals surface area contributed by atoms with E-state index in [1.165, 1.54) is 13.4 Å². The summed E-state index contributed by atoms with van der Waals surface area (Å²) in [5.41, 5.74) is 0.776. The first-order valence-corrected chi connectivity index (χ1v) is 4.03. The van der Waals surface area contributed by atoms with E-state index in [0.29, 0.717) is 12.7 Å². The van der Waals surface area contributed by atoms with Gasteiger partial charge in [-0.05, 0) is 0 Å². The molecule has 1 atom stereocenters. The molecule has 0 bridgehead atoms. The summed E-state index contributed by atoms with van der Waals surface area (Å²) >= 11 is 0. The quantitative estimate of drug-likeness (QED) is 0.659. The van der Waals surface area contributed by atoms with E-state index in [1.54, 1.807) is 6.20 Å². The van der Waals surface area contributed by atoms with Crippen LogP contribution in [0.3, 0.4) is 0 Å². The Morgan fingerprint density at radius 2 is 2.64 bits per heavy atom. The fraction of sp³-hybridized carbons (Fsp3) is 0.375. The van der Waals surface area contributed by atoms with Crippen molar-refractivity contribution >= 4 is 12.4 Å². The fourth-order valence-electron chi connectivity index (χ4n) is 0.977. The Labute approximate surface area is 80.7 Å². The zero-order valence-electron chi connectivity index (χ0n) is 7.69. The number of rotatable bonds is 4. The highest BCUT2D eigenvalue weighted by molar-refractivity contribution is 5.73. The molecular weight excluding hydrogens is 186 g/mol. The monoisotopic (exact) mass is 197 g/mol. The first-order chi connectivity index (χ1) is 6.76. The number of H-pyrrole nitrogens is 1. The van der Waals surface area contributed by atoms with Gasteiger partial charge in [0.2, 0.25) is 0 Å². The molecule has 0 saturated carbocycles. The predicted molar refractivity (Wildman–Crippen MR) is 47.7 cm³/mol. The Hall–Kier alpha value is -1.85. The molecule has 1 aromatic heterocycles. The Morgan fingerprint density at radius 3 is 3.14 bits per heavy atom. The van der Waals surface area contributed by atoms with Gasteiger partial charge in [-0.25, -0.2) is 9.78 Å². The number of aldehydes is 1. The van der Waals surface area contributed by atoms with Crippen molar-refractivity contribution in [2.24, 2.45) is 0 Å². The summed E-state index contributed by atoms with van der Waals surface area (Å²) in [6, 6.07) is -0.595. The molecule has 76 valence electrons. The van der Waals surface area contributed by atoms with E-state index in [1.807, 2.05) is 0 Å². The van der Waals surface area contributed by atoms with Crippen LogP contribution >= 0.6 is 0 Å². The summed E-state index contributed by atoms with van der Waals surface area (Å²) in [4.78, 5) is 28.0. The predicted octanol–water partition coefficient (Wildman–Crippen LogP) is -0.124. The van der Waals surface area contributed by atoms with Crippen LogP contribution in [0.1, 0.15) is 5.69 Å². The molecule has 1 aromatic rings. The van der Waals surface area contributed by atoms with Crippen LogP contribution < -0.4 is 5.32 Å². The van der Waals surface area contributed by atoms with E-state index in [4.69, 9.17) is 0 Å². The highest BCUT2D eigenvalue weighted by Crippen LogP contribution is 1.96. The van der Waals surface area contributed by atoms with Crippen LogP contribution in [-0.2, 0) is 16.0 Å². The van der Waals surface area contributed by atoms with Crippen LogP contribution in [0.15, 0.2) is 12.5 Å². The van der Waals surface area contributed by atoms with Crippen LogP contribution in [0.5, 0.6) is 0 Å². The fourth-order valence-corrected chi connectivity index (χ4v) is 0.977. The maximum absolute atomic E-state index is 10.8. The number of alkyl carbamates (subject to hydrolysis) is 1. The Kier molecular flexibility index (Phi) is 3.66. The average molecular weight is 197 g/mol. The van der Waals surface area contributed by atoms with Gasteiger partial charge in [-0.2, -0.15) is 0 Å². The number of nitrogens with zero attached hydrogens (tertiary/aromatic N) is 1. The number of aromatic amines is 1. The lowest BCUT2D eigenvalue weighted by atomic mass is 10.2. The molecule has 0 fully saturated rings. The number of carbonyl (C=O) groups excluding carboxylic acids is 2. The lowest BCUT2D eigenvalue weighted by Crippen LogP contribution is -2.37. The third-order valence-electron chi connectivity index (χ3n) is 1.65. The van der Waals surface area contributed by atoms with Gasteiger partial charge in [0.15, 0.2) is 0 Å². The number of aromatic nitrogens is 2. The summed E-state index contributed by atoms with van der Waals surface area (Å²) in [5, 5.41) is 2.38. The van der Waals surface area contributed by atoms with Crippen LogP contribution in [0.2, 0.25) is 0 Å². The standard InChI is InChI=1S/C8H11N3O3/c1-14-8(13)11-7(4-12)2-6-3-9-5-10-6/h3-5,7H,2H2,1H3,(H,9,10)(H,11,13)/t7-/m1/s1. The van der Waals surface area contributed by atoms with Crippen LogP contribution in [-0.4, -0.2) is 35.5 Å². The lowest BCUT2D eigenvalue weighted by Gasteiger charge is -2.09. The van der Waals surface area contributed by atoms with Crippen LogP contribution in [0, 0.1) is 0 Å². The number of nitrogens with one attached hydrogen (secondary N) is 2. The van der Waals surface area contributed by atoms with Gasteiger partial charge < -0.3 is 19.8 Å². The molecule has 0 saturated heterocycles. The third-order valence-corrected chi connectivity index (χ3v) is 1.65. The minimum Gasteiger partial charge on any atom is -0.453 e. The maximum Gasteiger partial charge on any atom is 0.407 e. The van der Waals surface area contributed by atoms with Crippen molar-refractivity contribution in [1.82, 2.24) is 15.3 Å². The highest BCUT2D eigenvalue weighted by Gasteiger charge is 2.12. The zero-order chi connectivity index (χ0) is 10.4. The van der Waals surface area contributed by atoms with Gasteiger partial charge in [0.1, 0.15) is 6.29 Å². The zero-order valence-corrected chi connectivity index (χ0v) is 7.69. The molecule has 14 heavy (non-hydrogen) atoms. The summed E-state index contributed by atoms with van der Waals surface area (Å²) in [5.74, 6) is 0. The average Bonchev–Trinajstić information content (AvgIpc) is 2.69. The van der Waals surface area contributed by atoms with Crippen molar-refractivity contribution in [2.75, 3.05) is 7.11 Å². The van der Waals surface area contributed by atoms with Crippen LogP contribution in [0.25, 0.3) is 0 Å². The lowest BCUT2D eigenvalue weighted by molar-refractivity contribution is -0.109. The van der Waals surface area contributed by atoms with Crippen molar-refractivity contribution in [1.29, 1.82) is 0 Å². The minimum absolute atomic E-state index is 0.374. The van der Waals surface area contributed by atoms with Gasteiger partial charge in [-0.15, -0.1) is 0 Å².